The number of thioether (sulfide) groups is 1. The molecule has 1 aliphatic carbocycles. The average Bonchev–Trinajstić information content (AvgIpc) is 2.36. The van der Waals surface area contributed by atoms with Gasteiger partial charge in [-0.3, -0.25) is 0 Å². The molecule has 2 atom stereocenters. The largest absolute Gasteiger partial charge is 0.330 e. The molecule has 0 aromatic rings. The van der Waals surface area contributed by atoms with Gasteiger partial charge in [0.25, 0.3) is 0 Å². The Morgan fingerprint density at radius 3 is 2.90 bits per heavy atom. The Morgan fingerprint density at radius 1 is 1.50 bits per heavy atom. The summed E-state index contributed by atoms with van der Waals surface area (Å²) in [6.45, 7) is 3.13. The molecule has 0 spiro atoms. The van der Waals surface area contributed by atoms with Crippen LogP contribution in [-0.4, -0.2) is 17.5 Å². The molecule has 0 aromatic carbocycles. The molecule has 10 heavy (non-hydrogen) atoms. The second-order valence-electron chi connectivity index (χ2n) is 2.92. The van der Waals surface area contributed by atoms with Gasteiger partial charge in [0.1, 0.15) is 0 Å². The highest BCUT2D eigenvalue weighted by Gasteiger charge is 2.25. The Labute approximate surface area is 67.8 Å². The van der Waals surface area contributed by atoms with E-state index < -0.39 is 0 Å². The van der Waals surface area contributed by atoms with E-state index in [9.17, 15) is 0 Å². The summed E-state index contributed by atoms with van der Waals surface area (Å²) in [4.78, 5) is 0. The number of rotatable bonds is 3. The van der Waals surface area contributed by atoms with Crippen LogP contribution in [0.3, 0.4) is 0 Å². The molecule has 0 amide bonds. The Hall–Kier alpha value is 0.310. The minimum atomic E-state index is 0.824. The van der Waals surface area contributed by atoms with Gasteiger partial charge in [-0.25, -0.2) is 0 Å². The molecule has 2 heteroatoms. The highest BCUT2D eigenvalue weighted by Crippen LogP contribution is 2.33. The highest BCUT2D eigenvalue weighted by molar-refractivity contribution is 7.99. The normalized spacial score (nSPS) is 33.0. The maximum atomic E-state index is 5.64. The lowest BCUT2D eigenvalue weighted by Crippen LogP contribution is -2.20. The van der Waals surface area contributed by atoms with E-state index in [1.807, 2.05) is 0 Å². The van der Waals surface area contributed by atoms with Gasteiger partial charge in [0, 0.05) is 5.25 Å². The van der Waals surface area contributed by atoms with Gasteiger partial charge < -0.3 is 5.73 Å². The Kier molecular flexibility index (Phi) is 3.57. The van der Waals surface area contributed by atoms with Crippen LogP contribution in [0, 0.1) is 5.92 Å². The standard InChI is InChI=1S/C8H17NS/c1-2-10-8-5-3-4-7(8)6-9/h7-8H,2-6,9H2,1H3. The topological polar surface area (TPSA) is 26.0 Å². The summed E-state index contributed by atoms with van der Waals surface area (Å²) in [6.07, 6.45) is 4.17. The van der Waals surface area contributed by atoms with Crippen molar-refractivity contribution in [3.05, 3.63) is 0 Å². The summed E-state index contributed by atoms with van der Waals surface area (Å²) in [7, 11) is 0. The van der Waals surface area contributed by atoms with Crippen LogP contribution in [-0.2, 0) is 0 Å². The van der Waals surface area contributed by atoms with Crippen molar-refractivity contribution >= 4 is 11.8 Å². The van der Waals surface area contributed by atoms with Crippen LogP contribution >= 0.6 is 11.8 Å². The summed E-state index contributed by atoms with van der Waals surface area (Å²) < 4.78 is 0. The third-order valence-corrected chi connectivity index (χ3v) is 3.65. The molecule has 0 aliphatic heterocycles. The smallest absolute Gasteiger partial charge is 0.00872 e. The minimum Gasteiger partial charge on any atom is -0.330 e. The zero-order chi connectivity index (χ0) is 7.40. The molecule has 1 saturated carbocycles. The Morgan fingerprint density at radius 2 is 2.30 bits per heavy atom. The number of nitrogens with two attached hydrogens (primary N) is 1. The van der Waals surface area contributed by atoms with Gasteiger partial charge in [0.05, 0.1) is 0 Å². The van der Waals surface area contributed by atoms with E-state index in [2.05, 4.69) is 18.7 Å². The molecule has 2 N–H and O–H groups in total. The van der Waals surface area contributed by atoms with Crippen molar-refractivity contribution in [1.82, 2.24) is 0 Å². The van der Waals surface area contributed by atoms with Gasteiger partial charge in [-0.1, -0.05) is 13.3 Å². The molecule has 1 aliphatic rings. The van der Waals surface area contributed by atoms with Crippen LogP contribution in [0.5, 0.6) is 0 Å². The summed E-state index contributed by atoms with van der Waals surface area (Å²) in [6, 6.07) is 0. The zero-order valence-electron chi connectivity index (χ0n) is 6.68. The quantitative estimate of drug-likeness (QED) is 0.680. The van der Waals surface area contributed by atoms with E-state index >= 15 is 0 Å². The second-order valence-corrected chi connectivity index (χ2v) is 4.44. The molecular formula is C8H17NS. The van der Waals surface area contributed by atoms with Crippen LogP contribution < -0.4 is 5.73 Å². The summed E-state index contributed by atoms with van der Waals surface area (Å²) in [5.74, 6) is 2.08. The van der Waals surface area contributed by atoms with E-state index in [-0.39, 0.29) is 0 Å². The molecule has 1 fully saturated rings. The third kappa shape index (κ3) is 1.89. The monoisotopic (exact) mass is 159 g/mol. The van der Waals surface area contributed by atoms with E-state index in [0.717, 1.165) is 17.7 Å². The van der Waals surface area contributed by atoms with Gasteiger partial charge in [0.2, 0.25) is 0 Å². The van der Waals surface area contributed by atoms with Gasteiger partial charge in [0.15, 0.2) is 0 Å². The SMILES string of the molecule is CCSC1CCCC1CN. The van der Waals surface area contributed by atoms with Crippen molar-refractivity contribution in [2.24, 2.45) is 11.7 Å². The van der Waals surface area contributed by atoms with Gasteiger partial charge in [-0.2, -0.15) is 11.8 Å². The molecule has 0 bridgehead atoms. The first kappa shape index (κ1) is 8.41. The molecule has 1 rings (SSSR count). The first-order valence-electron chi connectivity index (χ1n) is 4.20. The summed E-state index contributed by atoms with van der Waals surface area (Å²) >= 11 is 2.09. The van der Waals surface area contributed by atoms with Gasteiger partial charge >= 0.3 is 0 Å². The van der Waals surface area contributed by atoms with E-state index in [0.29, 0.717) is 0 Å². The fraction of sp³-hybridized carbons (Fsp3) is 1.00. The van der Waals surface area contributed by atoms with Crippen LogP contribution in [0.25, 0.3) is 0 Å². The molecule has 0 aromatic heterocycles. The first-order valence-corrected chi connectivity index (χ1v) is 5.25. The molecule has 1 nitrogen and oxygen atoms in total. The highest BCUT2D eigenvalue weighted by atomic mass is 32.2. The van der Waals surface area contributed by atoms with Gasteiger partial charge in [-0.15, -0.1) is 0 Å². The van der Waals surface area contributed by atoms with Crippen LogP contribution in [0.15, 0.2) is 0 Å². The van der Waals surface area contributed by atoms with E-state index in [1.54, 1.807) is 0 Å². The van der Waals surface area contributed by atoms with E-state index in [4.69, 9.17) is 5.73 Å². The minimum absolute atomic E-state index is 0.824. The summed E-state index contributed by atoms with van der Waals surface area (Å²) in [5, 5.41) is 0.884. The van der Waals surface area contributed by atoms with Crippen LogP contribution in [0.2, 0.25) is 0 Å². The van der Waals surface area contributed by atoms with Crippen molar-refractivity contribution in [3.63, 3.8) is 0 Å². The molecule has 2 unspecified atom stereocenters. The fourth-order valence-electron chi connectivity index (χ4n) is 1.71. The van der Waals surface area contributed by atoms with Crippen molar-refractivity contribution in [2.45, 2.75) is 31.4 Å². The predicted octanol–water partition coefficient (Wildman–Crippen LogP) is 1.87. The molecule has 60 valence electrons. The zero-order valence-corrected chi connectivity index (χ0v) is 7.49. The van der Waals surface area contributed by atoms with Crippen molar-refractivity contribution < 1.29 is 0 Å². The van der Waals surface area contributed by atoms with Crippen molar-refractivity contribution in [3.8, 4) is 0 Å². The maximum Gasteiger partial charge on any atom is 0.00872 e. The molecular weight excluding hydrogens is 142 g/mol. The lowest BCUT2D eigenvalue weighted by Gasteiger charge is -2.15. The Balaban J connectivity index is 2.27. The number of hydrogen-bond acceptors (Lipinski definition) is 2. The fourth-order valence-corrected chi connectivity index (χ4v) is 2.99. The maximum absolute atomic E-state index is 5.64. The third-order valence-electron chi connectivity index (χ3n) is 2.27. The molecule has 0 heterocycles. The van der Waals surface area contributed by atoms with E-state index in [1.165, 1.54) is 25.0 Å². The lowest BCUT2D eigenvalue weighted by atomic mass is 10.1. The predicted molar refractivity (Wildman–Crippen MR) is 48.3 cm³/mol. The Bertz CT molecular complexity index is 95.3. The van der Waals surface area contributed by atoms with Crippen molar-refractivity contribution in [2.75, 3.05) is 12.3 Å². The number of hydrogen-bond donors (Lipinski definition) is 1. The van der Waals surface area contributed by atoms with Crippen molar-refractivity contribution in [1.29, 1.82) is 0 Å². The van der Waals surface area contributed by atoms with Gasteiger partial charge in [-0.05, 0) is 31.1 Å². The molecule has 0 saturated heterocycles. The average molecular weight is 159 g/mol. The molecule has 0 radical (unpaired) electrons. The second kappa shape index (κ2) is 4.24. The lowest BCUT2D eigenvalue weighted by molar-refractivity contribution is 0.573. The van der Waals surface area contributed by atoms with Crippen LogP contribution in [0.4, 0.5) is 0 Å². The first-order chi connectivity index (χ1) is 4.88. The summed E-state index contributed by atoms with van der Waals surface area (Å²) in [5.41, 5.74) is 5.64. The van der Waals surface area contributed by atoms with Crippen LogP contribution in [0.1, 0.15) is 26.2 Å².